The summed E-state index contributed by atoms with van der Waals surface area (Å²) in [5.74, 6) is 1.92. The van der Waals surface area contributed by atoms with E-state index in [4.69, 9.17) is 9.47 Å². The Morgan fingerprint density at radius 1 is 0.724 bits per heavy atom. The van der Waals surface area contributed by atoms with Crippen LogP contribution in [0.15, 0.2) is 78.9 Å². The van der Waals surface area contributed by atoms with E-state index >= 15 is 0 Å². The maximum Gasteiger partial charge on any atom is 0.161 e. The molecule has 3 nitrogen and oxygen atoms in total. The molecule has 0 fully saturated rings. The molecule has 0 saturated carbocycles. The second kappa shape index (κ2) is 10.1. The van der Waals surface area contributed by atoms with Gasteiger partial charge in [0.1, 0.15) is 0 Å². The van der Waals surface area contributed by atoms with Gasteiger partial charge in [-0.25, -0.2) is 0 Å². The Morgan fingerprint density at radius 2 is 1.28 bits per heavy atom. The first-order valence-electron chi connectivity index (χ1n) is 10.2. The Bertz CT molecular complexity index is 840. The van der Waals surface area contributed by atoms with Gasteiger partial charge in [-0.2, -0.15) is 0 Å². The van der Waals surface area contributed by atoms with Gasteiger partial charge in [-0.15, -0.1) is 0 Å². The molecule has 0 bridgehead atoms. The number of rotatable bonds is 9. The molecule has 0 amide bonds. The van der Waals surface area contributed by atoms with Crippen LogP contribution in [0.25, 0.3) is 0 Å². The average molecular weight is 390 g/mol. The van der Waals surface area contributed by atoms with E-state index < -0.39 is 0 Å². The van der Waals surface area contributed by atoms with Crippen molar-refractivity contribution in [1.29, 1.82) is 0 Å². The van der Waals surface area contributed by atoms with Crippen LogP contribution in [0.3, 0.4) is 0 Å². The molecule has 0 radical (unpaired) electrons. The van der Waals surface area contributed by atoms with Gasteiger partial charge in [-0.3, -0.25) is 4.90 Å². The van der Waals surface area contributed by atoms with Gasteiger partial charge in [0.25, 0.3) is 0 Å². The maximum absolute atomic E-state index is 5.48. The van der Waals surface area contributed by atoms with E-state index in [0.717, 1.165) is 24.5 Å². The van der Waals surface area contributed by atoms with Gasteiger partial charge in [0, 0.05) is 12.0 Å². The van der Waals surface area contributed by atoms with Crippen LogP contribution >= 0.6 is 0 Å². The SMILES string of the molecule is COc1ccc([C@H](C)N(C)CCC(c2ccccc2)c2ccccc2)cc1OC. The van der Waals surface area contributed by atoms with Gasteiger partial charge in [-0.1, -0.05) is 66.7 Å². The van der Waals surface area contributed by atoms with Crippen molar-refractivity contribution in [3.63, 3.8) is 0 Å². The highest BCUT2D eigenvalue weighted by atomic mass is 16.5. The summed E-state index contributed by atoms with van der Waals surface area (Å²) < 4.78 is 10.8. The molecule has 1 atom stereocenters. The van der Waals surface area contributed by atoms with Gasteiger partial charge >= 0.3 is 0 Å². The zero-order valence-electron chi connectivity index (χ0n) is 17.8. The minimum atomic E-state index is 0.280. The fraction of sp³-hybridized carbons (Fsp3) is 0.308. The first kappa shape index (κ1) is 20.9. The van der Waals surface area contributed by atoms with Crippen LogP contribution in [0, 0.1) is 0 Å². The molecule has 0 N–H and O–H groups in total. The summed E-state index contributed by atoms with van der Waals surface area (Å²) in [6.07, 6.45) is 1.06. The first-order valence-corrected chi connectivity index (χ1v) is 10.2. The summed E-state index contributed by atoms with van der Waals surface area (Å²) in [7, 11) is 5.54. The third kappa shape index (κ3) is 5.18. The van der Waals surface area contributed by atoms with Crippen LogP contribution in [0.5, 0.6) is 11.5 Å². The molecule has 0 aliphatic carbocycles. The number of nitrogens with zero attached hydrogens (tertiary/aromatic N) is 1. The van der Waals surface area contributed by atoms with Crippen molar-refractivity contribution in [2.75, 3.05) is 27.8 Å². The summed E-state index contributed by atoms with van der Waals surface area (Å²) in [4.78, 5) is 2.40. The predicted octanol–water partition coefficient (Wildman–Crippen LogP) is 5.92. The Labute approximate surface area is 174 Å². The van der Waals surface area contributed by atoms with Crippen LogP contribution in [0.4, 0.5) is 0 Å². The second-order valence-electron chi connectivity index (χ2n) is 7.43. The van der Waals surface area contributed by atoms with E-state index in [1.54, 1.807) is 14.2 Å². The molecule has 0 aromatic heterocycles. The van der Waals surface area contributed by atoms with Crippen molar-refractivity contribution in [2.24, 2.45) is 0 Å². The molecular formula is C26H31NO2. The molecule has 3 aromatic rings. The molecule has 0 aliphatic rings. The lowest BCUT2D eigenvalue weighted by Crippen LogP contribution is -2.25. The van der Waals surface area contributed by atoms with Gasteiger partial charge in [0.15, 0.2) is 11.5 Å². The monoisotopic (exact) mass is 389 g/mol. The molecule has 0 spiro atoms. The van der Waals surface area contributed by atoms with Crippen molar-refractivity contribution >= 4 is 0 Å². The maximum atomic E-state index is 5.48. The average Bonchev–Trinajstić information content (AvgIpc) is 2.79. The lowest BCUT2D eigenvalue weighted by Gasteiger charge is -2.28. The third-order valence-corrected chi connectivity index (χ3v) is 5.73. The highest BCUT2D eigenvalue weighted by molar-refractivity contribution is 5.43. The number of hydrogen-bond donors (Lipinski definition) is 0. The van der Waals surface area contributed by atoms with Gasteiger partial charge in [0.2, 0.25) is 0 Å². The standard InChI is InChI=1S/C26H31NO2/c1-20(23-15-16-25(28-3)26(19-23)29-4)27(2)18-17-24(21-11-7-5-8-12-21)22-13-9-6-10-14-22/h5-16,19-20,24H,17-18H2,1-4H3/t20-/m0/s1. The molecule has 0 saturated heterocycles. The van der Waals surface area contributed by atoms with E-state index in [-0.39, 0.29) is 6.04 Å². The number of methoxy groups -OCH3 is 2. The van der Waals surface area contributed by atoms with Crippen LogP contribution < -0.4 is 9.47 Å². The number of ether oxygens (including phenoxy) is 2. The van der Waals surface area contributed by atoms with Crippen molar-refractivity contribution in [3.05, 3.63) is 95.6 Å². The highest BCUT2D eigenvalue weighted by Crippen LogP contribution is 2.33. The normalized spacial score (nSPS) is 12.2. The first-order chi connectivity index (χ1) is 14.1. The van der Waals surface area contributed by atoms with E-state index in [1.807, 2.05) is 6.07 Å². The Hall–Kier alpha value is -2.78. The van der Waals surface area contributed by atoms with Crippen LogP contribution in [0.2, 0.25) is 0 Å². The molecule has 29 heavy (non-hydrogen) atoms. The van der Waals surface area contributed by atoms with Crippen molar-refractivity contribution in [2.45, 2.75) is 25.3 Å². The predicted molar refractivity (Wildman–Crippen MR) is 120 cm³/mol. The zero-order valence-corrected chi connectivity index (χ0v) is 17.8. The fourth-order valence-corrected chi connectivity index (χ4v) is 3.79. The summed E-state index contributed by atoms with van der Waals surface area (Å²) in [5, 5.41) is 0. The summed E-state index contributed by atoms with van der Waals surface area (Å²) in [6.45, 7) is 3.23. The van der Waals surface area contributed by atoms with E-state index in [2.05, 4.69) is 91.7 Å². The second-order valence-corrected chi connectivity index (χ2v) is 7.43. The molecule has 3 rings (SSSR count). The molecule has 0 unspecified atom stereocenters. The summed E-state index contributed by atoms with van der Waals surface area (Å²) in [6, 6.07) is 28.0. The Morgan fingerprint density at radius 3 is 1.79 bits per heavy atom. The smallest absolute Gasteiger partial charge is 0.161 e. The molecule has 3 heteroatoms. The summed E-state index contributed by atoms with van der Waals surface area (Å²) in [5.41, 5.74) is 3.96. The number of hydrogen-bond acceptors (Lipinski definition) is 3. The quantitative estimate of drug-likeness (QED) is 0.453. The van der Waals surface area contributed by atoms with Crippen LogP contribution in [-0.4, -0.2) is 32.7 Å². The summed E-state index contributed by atoms with van der Waals surface area (Å²) >= 11 is 0. The topological polar surface area (TPSA) is 21.7 Å². The largest absolute Gasteiger partial charge is 0.493 e. The van der Waals surface area contributed by atoms with Crippen LogP contribution in [-0.2, 0) is 0 Å². The lowest BCUT2D eigenvalue weighted by molar-refractivity contribution is 0.253. The molecule has 0 aliphatic heterocycles. The Kier molecular flexibility index (Phi) is 7.31. The molecule has 0 heterocycles. The number of benzene rings is 3. The lowest BCUT2D eigenvalue weighted by atomic mass is 9.88. The third-order valence-electron chi connectivity index (χ3n) is 5.73. The van der Waals surface area contributed by atoms with Crippen molar-refractivity contribution in [1.82, 2.24) is 4.90 Å². The Balaban J connectivity index is 1.74. The molecule has 3 aromatic carbocycles. The zero-order chi connectivity index (χ0) is 20.6. The van der Waals surface area contributed by atoms with Crippen molar-refractivity contribution in [3.8, 4) is 11.5 Å². The van der Waals surface area contributed by atoms with E-state index in [0.29, 0.717) is 5.92 Å². The van der Waals surface area contributed by atoms with E-state index in [9.17, 15) is 0 Å². The van der Waals surface area contributed by atoms with Crippen LogP contribution in [0.1, 0.15) is 42.0 Å². The fourth-order valence-electron chi connectivity index (χ4n) is 3.79. The van der Waals surface area contributed by atoms with Gasteiger partial charge in [-0.05, 0) is 55.8 Å². The van der Waals surface area contributed by atoms with Gasteiger partial charge < -0.3 is 9.47 Å². The minimum Gasteiger partial charge on any atom is -0.493 e. The highest BCUT2D eigenvalue weighted by Gasteiger charge is 2.18. The molecule has 152 valence electrons. The van der Waals surface area contributed by atoms with Gasteiger partial charge in [0.05, 0.1) is 14.2 Å². The molecular weight excluding hydrogens is 358 g/mol. The van der Waals surface area contributed by atoms with Crippen molar-refractivity contribution < 1.29 is 9.47 Å². The van der Waals surface area contributed by atoms with E-state index in [1.165, 1.54) is 16.7 Å². The minimum absolute atomic E-state index is 0.280.